The lowest BCUT2D eigenvalue weighted by Gasteiger charge is -2.18. The quantitative estimate of drug-likeness (QED) is 0.875. The van der Waals surface area contributed by atoms with Crippen LogP contribution in [0.25, 0.3) is 10.8 Å². The number of nitrogens with two attached hydrogens (primary N) is 1. The van der Waals surface area contributed by atoms with Crippen molar-refractivity contribution in [3.63, 3.8) is 0 Å². The molecule has 2 aromatic carbocycles. The van der Waals surface area contributed by atoms with Crippen LogP contribution in [-0.4, -0.2) is 38.2 Å². The summed E-state index contributed by atoms with van der Waals surface area (Å²) in [5.41, 5.74) is 6.00. The number of nitrogens with zero attached hydrogens (tertiary/aromatic N) is 1. The zero-order chi connectivity index (χ0) is 13.0. The highest BCUT2D eigenvalue weighted by Crippen LogP contribution is 2.25. The van der Waals surface area contributed by atoms with E-state index in [0.717, 1.165) is 17.7 Å². The number of rotatable bonds is 5. The Kier molecular flexibility index (Phi) is 4.18. The average Bonchev–Trinajstić information content (AvgIpc) is 2.35. The maximum atomic E-state index is 6.00. The van der Waals surface area contributed by atoms with Crippen LogP contribution in [0.2, 0.25) is 0 Å². The van der Waals surface area contributed by atoms with Gasteiger partial charge in [-0.2, -0.15) is 0 Å². The van der Waals surface area contributed by atoms with Gasteiger partial charge in [-0.3, -0.25) is 0 Å². The van der Waals surface area contributed by atoms with Crippen LogP contribution in [-0.2, 0) is 0 Å². The third-order valence-corrected chi connectivity index (χ3v) is 2.80. The van der Waals surface area contributed by atoms with E-state index in [1.165, 1.54) is 5.39 Å². The first-order valence-electron chi connectivity index (χ1n) is 6.17. The van der Waals surface area contributed by atoms with Crippen LogP contribution in [0.3, 0.4) is 0 Å². The van der Waals surface area contributed by atoms with E-state index in [0.29, 0.717) is 6.61 Å². The minimum atomic E-state index is 0.0268. The van der Waals surface area contributed by atoms with Crippen LogP contribution < -0.4 is 10.5 Å². The molecule has 0 saturated heterocycles. The van der Waals surface area contributed by atoms with E-state index < -0.39 is 0 Å². The molecule has 2 aromatic rings. The van der Waals surface area contributed by atoms with E-state index in [1.54, 1.807) is 0 Å². The van der Waals surface area contributed by atoms with Gasteiger partial charge in [-0.1, -0.05) is 36.4 Å². The molecule has 3 heteroatoms. The molecule has 2 rings (SSSR count). The van der Waals surface area contributed by atoms with Gasteiger partial charge in [0.2, 0.25) is 0 Å². The third-order valence-electron chi connectivity index (χ3n) is 2.80. The largest absolute Gasteiger partial charge is 0.491 e. The van der Waals surface area contributed by atoms with E-state index in [-0.39, 0.29) is 6.04 Å². The number of ether oxygens (including phenoxy) is 1. The molecular weight excluding hydrogens is 224 g/mol. The molecule has 0 aliphatic rings. The summed E-state index contributed by atoms with van der Waals surface area (Å²) in [7, 11) is 4.02. The second-order valence-corrected chi connectivity index (χ2v) is 4.81. The van der Waals surface area contributed by atoms with Crippen molar-refractivity contribution in [3.8, 4) is 5.75 Å². The summed E-state index contributed by atoms with van der Waals surface area (Å²) in [6, 6.07) is 14.3. The molecule has 1 unspecified atom stereocenters. The van der Waals surface area contributed by atoms with Gasteiger partial charge in [0.05, 0.1) is 6.04 Å². The Morgan fingerprint density at radius 3 is 2.61 bits per heavy atom. The Bertz CT molecular complexity index is 505. The minimum Gasteiger partial charge on any atom is -0.491 e. The van der Waals surface area contributed by atoms with Crippen LogP contribution in [0.5, 0.6) is 5.75 Å². The highest BCUT2D eigenvalue weighted by Gasteiger charge is 2.06. The molecule has 0 heterocycles. The highest BCUT2D eigenvalue weighted by atomic mass is 16.5. The van der Waals surface area contributed by atoms with E-state index in [9.17, 15) is 0 Å². The SMILES string of the molecule is CN(C)CC(N)COc1cccc2ccccc12. The fraction of sp³-hybridized carbons (Fsp3) is 0.333. The van der Waals surface area contributed by atoms with Gasteiger partial charge in [0.1, 0.15) is 12.4 Å². The summed E-state index contributed by atoms with van der Waals surface area (Å²) in [4.78, 5) is 2.07. The average molecular weight is 244 g/mol. The summed E-state index contributed by atoms with van der Waals surface area (Å²) in [5, 5.41) is 2.33. The number of hydrogen-bond donors (Lipinski definition) is 1. The van der Waals surface area contributed by atoms with Crippen LogP contribution in [0.15, 0.2) is 42.5 Å². The van der Waals surface area contributed by atoms with Crippen LogP contribution in [0, 0.1) is 0 Å². The molecule has 0 aromatic heterocycles. The van der Waals surface area contributed by atoms with Crippen molar-refractivity contribution in [2.24, 2.45) is 5.73 Å². The lowest BCUT2D eigenvalue weighted by atomic mass is 10.1. The predicted molar refractivity (Wildman–Crippen MR) is 76.0 cm³/mol. The Morgan fingerprint density at radius 2 is 1.83 bits per heavy atom. The lowest BCUT2D eigenvalue weighted by molar-refractivity contribution is 0.256. The Labute approximate surface area is 108 Å². The van der Waals surface area contributed by atoms with Crippen LogP contribution in [0.1, 0.15) is 0 Å². The molecule has 3 nitrogen and oxygen atoms in total. The Hall–Kier alpha value is -1.58. The van der Waals surface area contributed by atoms with Gasteiger partial charge in [-0.05, 0) is 25.5 Å². The minimum absolute atomic E-state index is 0.0268. The Balaban J connectivity index is 2.08. The van der Waals surface area contributed by atoms with Gasteiger partial charge in [0, 0.05) is 11.9 Å². The summed E-state index contributed by atoms with van der Waals surface area (Å²) < 4.78 is 5.83. The second-order valence-electron chi connectivity index (χ2n) is 4.81. The topological polar surface area (TPSA) is 38.5 Å². The monoisotopic (exact) mass is 244 g/mol. The molecule has 0 aliphatic heterocycles. The molecule has 0 amide bonds. The first-order chi connectivity index (χ1) is 8.66. The number of hydrogen-bond acceptors (Lipinski definition) is 3. The van der Waals surface area contributed by atoms with Gasteiger partial charge in [0.15, 0.2) is 0 Å². The van der Waals surface area contributed by atoms with Crippen molar-refractivity contribution < 1.29 is 4.74 Å². The molecular formula is C15H20N2O. The molecule has 1 atom stereocenters. The summed E-state index contributed by atoms with van der Waals surface area (Å²) >= 11 is 0. The lowest BCUT2D eigenvalue weighted by Crippen LogP contribution is -2.37. The molecule has 2 N–H and O–H groups in total. The normalized spacial score (nSPS) is 12.9. The zero-order valence-electron chi connectivity index (χ0n) is 11.0. The molecule has 0 spiro atoms. The smallest absolute Gasteiger partial charge is 0.127 e. The molecule has 0 radical (unpaired) electrons. The summed E-state index contributed by atoms with van der Waals surface area (Å²) in [6.07, 6.45) is 0. The van der Waals surface area contributed by atoms with E-state index in [2.05, 4.69) is 23.1 Å². The zero-order valence-corrected chi connectivity index (χ0v) is 11.0. The predicted octanol–water partition coefficient (Wildman–Crippen LogP) is 2.11. The fourth-order valence-electron chi connectivity index (χ4n) is 2.04. The number of fused-ring (bicyclic) bond motifs is 1. The highest BCUT2D eigenvalue weighted by molar-refractivity contribution is 5.88. The fourth-order valence-corrected chi connectivity index (χ4v) is 2.04. The van der Waals surface area contributed by atoms with E-state index >= 15 is 0 Å². The molecule has 18 heavy (non-hydrogen) atoms. The van der Waals surface area contributed by atoms with E-state index in [1.807, 2.05) is 38.4 Å². The van der Waals surface area contributed by atoms with Gasteiger partial charge in [-0.15, -0.1) is 0 Å². The van der Waals surface area contributed by atoms with Crippen LogP contribution in [0.4, 0.5) is 0 Å². The van der Waals surface area contributed by atoms with Gasteiger partial charge in [-0.25, -0.2) is 0 Å². The van der Waals surface area contributed by atoms with Crippen molar-refractivity contribution in [3.05, 3.63) is 42.5 Å². The van der Waals surface area contributed by atoms with Crippen molar-refractivity contribution in [2.75, 3.05) is 27.2 Å². The molecule has 0 fully saturated rings. The van der Waals surface area contributed by atoms with Crippen molar-refractivity contribution >= 4 is 10.8 Å². The second kappa shape index (κ2) is 5.85. The first-order valence-corrected chi connectivity index (χ1v) is 6.17. The molecule has 0 aliphatic carbocycles. The van der Waals surface area contributed by atoms with Crippen molar-refractivity contribution in [2.45, 2.75) is 6.04 Å². The maximum absolute atomic E-state index is 6.00. The molecule has 0 bridgehead atoms. The van der Waals surface area contributed by atoms with Crippen molar-refractivity contribution in [1.29, 1.82) is 0 Å². The van der Waals surface area contributed by atoms with Crippen molar-refractivity contribution in [1.82, 2.24) is 4.90 Å². The van der Waals surface area contributed by atoms with Gasteiger partial charge < -0.3 is 15.4 Å². The Morgan fingerprint density at radius 1 is 1.11 bits per heavy atom. The van der Waals surface area contributed by atoms with E-state index in [4.69, 9.17) is 10.5 Å². The number of likely N-dealkylation sites (N-methyl/N-ethyl adjacent to an activating group) is 1. The molecule has 0 saturated carbocycles. The van der Waals surface area contributed by atoms with Gasteiger partial charge >= 0.3 is 0 Å². The first kappa shape index (κ1) is 12.9. The summed E-state index contributed by atoms with van der Waals surface area (Å²) in [5.74, 6) is 0.905. The third kappa shape index (κ3) is 3.22. The standard InChI is InChI=1S/C15H20N2O/c1-17(2)10-13(16)11-18-15-9-5-7-12-6-3-4-8-14(12)15/h3-9,13H,10-11,16H2,1-2H3. The van der Waals surface area contributed by atoms with Gasteiger partial charge in [0.25, 0.3) is 0 Å². The maximum Gasteiger partial charge on any atom is 0.127 e. The number of benzene rings is 2. The van der Waals surface area contributed by atoms with Crippen LogP contribution >= 0.6 is 0 Å². The summed E-state index contributed by atoms with van der Waals surface area (Å²) in [6.45, 7) is 1.36. The molecule has 96 valence electrons.